The quantitative estimate of drug-likeness (QED) is 0.612. The Bertz CT molecular complexity index is 598. The van der Waals surface area contributed by atoms with Crippen LogP contribution in [-0.4, -0.2) is 24.0 Å². The van der Waals surface area contributed by atoms with Gasteiger partial charge in [0.1, 0.15) is 0 Å². The number of nitrogens with one attached hydrogen (secondary N) is 1. The average Bonchev–Trinajstić information content (AvgIpc) is 2.52. The summed E-state index contributed by atoms with van der Waals surface area (Å²) in [6.07, 6.45) is 2.32. The fourth-order valence-electron chi connectivity index (χ4n) is 2.50. The number of rotatable bonds is 7. The third-order valence-electron chi connectivity index (χ3n) is 4.04. The van der Waals surface area contributed by atoms with Gasteiger partial charge in [0.15, 0.2) is 5.78 Å². The van der Waals surface area contributed by atoms with Crippen LogP contribution < -0.4 is 5.32 Å². The molecule has 4 nitrogen and oxygen atoms in total. The van der Waals surface area contributed by atoms with Crippen LogP contribution in [0.15, 0.2) is 18.2 Å². The summed E-state index contributed by atoms with van der Waals surface area (Å²) in [7, 11) is 1.49. The maximum Gasteiger partial charge on any atom is 0.252 e. The number of carbonyl (C=O) groups excluding carboxylic acids is 3. The first kappa shape index (κ1) is 18.4. The summed E-state index contributed by atoms with van der Waals surface area (Å²) in [5.41, 5.74) is 0.249. The molecule has 1 rings (SSSR count). The number of Topliss-reactive ketones (excluding diaryl/α,β-unsaturated/α-hetero) is 1. The van der Waals surface area contributed by atoms with E-state index in [4.69, 9.17) is 11.6 Å². The lowest BCUT2D eigenvalue weighted by Crippen LogP contribution is -2.28. The van der Waals surface area contributed by atoms with Gasteiger partial charge < -0.3 is 5.32 Å². The topological polar surface area (TPSA) is 63.2 Å². The molecule has 0 spiro atoms. The molecule has 1 amide bonds. The van der Waals surface area contributed by atoms with Crippen LogP contribution in [0.4, 0.5) is 0 Å². The Balaban J connectivity index is 3.39. The second-order valence-corrected chi connectivity index (χ2v) is 5.99. The molecule has 0 fully saturated rings. The van der Waals surface area contributed by atoms with Gasteiger partial charge in [0.05, 0.1) is 0 Å². The van der Waals surface area contributed by atoms with Crippen molar-refractivity contribution in [3.8, 4) is 0 Å². The molecule has 0 saturated heterocycles. The summed E-state index contributed by atoms with van der Waals surface area (Å²) in [5, 5.41) is 1.80. The molecule has 1 N–H and O–H groups in total. The van der Waals surface area contributed by atoms with Gasteiger partial charge in [-0.25, -0.2) is 0 Å². The minimum Gasteiger partial charge on any atom is -0.355 e. The Morgan fingerprint density at radius 3 is 2.09 bits per heavy atom. The van der Waals surface area contributed by atoms with Crippen LogP contribution in [0.2, 0.25) is 0 Å². The van der Waals surface area contributed by atoms with Crippen LogP contribution >= 0.6 is 11.6 Å². The SMILES string of the molecule is CCCC(C)(CC)C(=O)c1cc(C(=O)Cl)cc(C(=O)NC)c1. The van der Waals surface area contributed by atoms with Gasteiger partial charge in [0.2, 0.25) is 0 Å². The lowest BCUT2D eigenvalue weighted by atomic mass is 9.76. The van der Waals surface area contributed by atoms with Crippen molar-refractivity contribution in [1.29, 1.82) is 0 Å². The van der Waals surface area contributed by atoms with E-state index in [-0.39, 0.29) is 22.8 Å². The third-order valence-corrected chi connectivity index (χ3v) is 4.26. The van der Waals surface area contributed by atoms with Crippen molar-refractivity contribution in [1.82, 2.24) is 5.32 Å². The van der Waals surface area contributed by atoms with Gasteiger partial charge in [-0.3, -0.25) is 14.4 Å². The van der Waals surface area contributed by atoms with E-state index in [1.807, 2.05) is 20.8 Å². The van der Waals surface area contributed by atoms with Crippen LogP contribution in [0.1, 0.15) is 71.1 Å². The van der Waals surface area contributed by atoms with Crippen LogP contribution in [0.25, 0.3) is 0 Å². The van der Waals surface area contributed by atoms with Gasteiger partial charge in [0.25, 0.3) is 11.1 Å². The van der Waals surface area contributed by atoms with E-state index in [1.165, 1.54) is 25.2 Å². The number of hydrogen-bond acceptors (Lipinski definition) is 3. The number of ketones is 1. The predicted octanol–water partition coefficient (Wildman–Crippen LogP) is 3.82. The Morgan fingerprint density at radius 1 is 1.09 bits per heavy atom. The zero-order valence-corrected chi connectivity index (χ0v) is 14.2. The van der Waals surface area contributed by atoms with Gasteiger partial charge in [-0.15, -0.1) is 0 Å². The fourth-order valence-corrected chi connectivity index (χ4v) is 2.61. The van der Waals surface area contributed by atoms with E-state index in [9.17, 15) is 14.4 Å². The first-order valence-electron chi connectivity index (χ1n) is 7.40. The standard InChI is InChI=1S/C17H22ClNO3/c1-5-7-17(3,6-2)14(20)11-8-12(15(18)21)10-13(9-11)16(22)19-4/h8-10H,5-7H2,1-4H3,(H,19,22). The van der Waals surface area contributed by atoms with E-state index < -0.39 is 10.7 Å². The van der Waals surface area contributed by atoms with E-state index in [2.05, 4.69) is 5.32 Å². The van der Waals surface area contributed by atoms with Crippen LogP contribution in [0, 0.1) is 5.41 Å². The molecule has 1 aromatic carbocycles. The van der Waals surface area contributed by atoms with Crippen LogP contribution in [-0.2, 0) is 0 Å². The van der Waals surface area contributed by atoms with Gasteiger partial charge >= 0.3 is 0 Å². The summed E-state index contributed by atoms with van der Waals surface area (Å²) >= 11 is 5.53. The molecule has 0 heterocycles. The van der Waals surface area contributed by atoms with Crippen molar-refractivity contribution < 1.29 is 14.4 Å². The van der Waals surface area contributed by atoms with E-state index in [1.54, 1.807) is 0 Å². The van der Waals surface area contributed by atoms with Gasteiger partial charge in [-0.05, 0) is 42.6 Å². The van der Waals surface area contributed by atoms with E-state index >= 15 is 0 Å². The molecule has 5 heteroatoms. The van der Waals surface area contributed by atoms with Crippen molar-refractivity contribution >= 4 is 28.5 Å². The summed E-state index contributed by atoms with van der Waals surface area (Å²) in [6.45, 7) is 5.90. The van der Waals surface area contributed by atoms with Crippen molar-refractivity contribution in [2.75, 3.05) is 7.05 Å². The molecular formula is C17H22ClNO3. The van der Waals surface area contributed by atoms with E-state index in [0.717, 1.165) is 12.8 Å². The third kappa shape index (κ3) is 3.95. The van der Waals surface area contributed by atoms with E-state index in [0.29, 0.717) is 12.0 Å². The summed E-state index contributed by atoms with van der Waals surface area (Å²) in [6, 6.07) is 4.38. The second kappa shape index (κ2) is 7.54. The number of hydrogen-bond donors (Lipinski definition) is 1. The first-order chi connectivity index (χ1) is 10.3. The Kier molecular flexibility index (Phi) is 6.30. The molecule has 0 radical (unpaired) electrons. The highest BCUT2D eigenvalue weighted by Gasteiger charge is 2.31. The summed E-state index contributed by atoms with van der Waals surface area (Å²) in [4.78, 5) is 36.1. The molecule has 120 valence electrons. The smallest absolute Gasteiger partial charge is 0.252 e. The largest absolute Gasteiger partial charge is 0.355 e. The van der Waals surface area contributed by atoms with Crippen molar-refractivity contribution in [3.63, 3.8) is 0 Å². The molecule has 0 aliphatic carbocycles. The van der Waals surface area contributed by atoms with Gasteiger partial charge in [0, 0.05) is 29.2 Å². The highest BCUT2D eigenvalue weighted by atomic mass is 35.5. The Hall–Kier alpha value is -1.68. The summed E-state index contributed by atoms with van der Waals surface area (Å²) < 4.78 is 0. The minimum absolute atomic E-state index is 0.0678. The molecule has 0 aliphatic heterocycles. The predicted molar refractivity (Wildman–Crippen MR) is 87.7 cm³/mol. The Morgan fingerprint density at radius 2 is 1.64 bits per heavy atom. The average molecular weight is 324 g/mol. The summed E-state index contributed by atoms with van der Waals surface area (Å²) in [5.74, 6) is -0.427. The molecule has 22 heavy (non-hydrogen) atoms. The monoisotopic (exact) mass is 323 g/mol. The van der Waals surface area contributed by atoms with Crippen molar-refractivity contribution in [3.05, 3.63) is 34.9 Å². The van der Waals surface area contributed by atoms with Crippen LogP contribution in [0.5, 0.6) is 0 Å². The number of benzene rings is 1. The maximum atomic E-state index is 12.8. The van der Waals surface area contributed by atoms with Gasteiger partial charge in [-0.2, -0.15) is 0 Å². The molecule has 0 aliphatic rings. The first-order valence-corrected chi connectivity index (χ1v) is 7.78. The number of carbonyl (C=O) groups is 3. The molecular weight excluding hydrogens is 302 g/mol. The molecule has 0 saturated carbocycles. The molecule has 0 bridgehead atoms. The molecule has 1 unspecified atom stereocenters. The fraction of sp³-hybridized carbons (Fsp3) is 0.471. The van der Waals surface area contributed by atoms with Crippen molar-refractivity contribution in [2.45, 2.75) is 40.0 Å². The van der Waals surface area contributed by atoms with Crippen LogP contribution in [0.3, 0.4) is 0 Å². The minimum atomic E-state index is -0.687. The number of amides is 1. The maximum absolute atomic E-state index is 12.8. The Labute approximate surface area is 136 Å². The number of halogens is 1. The zero-order valence-electron chi connectivity index (χ0n) is 13.5. The lowest BCUT2D eigenvalue weighted by molar-refractivity contribution is 0.0793. The normalized spacial score (nSPS) is 13.3. The lowest BCUT2D eigenvalue weighted by Gasteiger charge is -2.26. The van der Waals surface area contributed by atoms with Crippen molar-refractivity contribution in [2.24, 2.45) is 5.41 Å². The molecule has 1 atom stereocenters. The highest BCUT2D eigenvalue weighted by molar-refractivity contribution is 6.67. The van der Waals surface area contributed by atoms with Gasteiger partial charge in [-0.1, -0.05) is 27.2 Å². The molecule has 0 aromatic heterocycles. The molecule has 1 aromatic rings. The second-order valence-electron chi connectivity index (χ2n) is 5.65. The highest BCUT2D eigenvalue weighted by Crippen LogP contribution is 2.32. The zero-order chi connectivity index (χ0) is 16.9.